The molecule has 0 aliphatic carbocycles. The van der Waals surface area contributed by atoms with Crippen LogP contribution in [0, 0.1) is 34.0 Å². The lowest BCUT2D eigenvalue weighted by Gasteiger charge is -2.19. The van der Waals surface area contributed by atoms with Crippen LogP contribution in [0.4, 0.5) is 10.5 Å². The van der Waals surface area contributed by atoms with E-state index in [9.17, 15) is 4.79 Å². The summed E-state index contributed by atoms with van der Waals surface area (Å²) in [5.74, 6) is 0. The number of nitrogens with zero attached hydrogens (tertiary/aromatic N) is 4. The maximum absolute atomic E-state index is 12.3. The molecular formula is C18H15N5O2. The predicted octanol–water partition coefficient (Wildman–Crippen LogP) is 3.66. The number of allylic oxidation sites excluding steroid dienone is 2. The number of benzene rings is 1. The van der Waals surface area contributed by atoms with Crippen molar-refractivity contribution in [3.05, 3.63) is 41.7 Å². The Morgan fingerprint density at radius 3 is 2.36 bits per heavy atom. The van der Waals surface area contributed by atoms with Gasteiger partial charge in [0.15, 0.2) is 5.57 Å². The molecule has 1 aromatic carbocycles. The smallest absolute Gasteiger partial charge is 0.418 e. The molecule has 0 radical (unpaired) electrons. The van der Waals surface area contributed by atoms with E-state index in [0.29, 0.717) is 16.6 Å². The van der Waals surface area contributed by atoms with Gasteiger partial charge in [-0.3, -0.25) is 4.57 Å². The summed E-state index contributed by atoms with van der Waals surface area (Å²) >= 11 is 0. The molecule has 1 heterocycles. The van der Waals surface area contributed by atoms with Crippen LogP contribution in [0.5, 0.6) is 0 Å². The number of hydrogen-bond donors (Lipinski definition) is 1. The van der Waals surface area contributed by atoms with Gasteiger partial charge in [-0.25, -0.2) is 4.79 Å². The Morgan fingerprint density at radius 2 is 1.80 bits per heavy atom. The minimum atomic E-state index is -0.630. The van der Waals surface area contributed by atoms with Gasteiger partial charge in [0.2, 0.25) is 0 Å². The Hall–Kier alpha value is -3.76. The predicted molar refractivity (Wildman–Crippen MR) is 91.1 cm³/mol. The number of rotatable bonds is 2. The fourth-order valence-electron chi connectivity index (χ4n) is 2.16. The van der Waals surface area contributed by atoms with Crippen LogP contribution in [0.3, 0.4) is 0 Å². The molecule has 0 saturated heterocycles. The number of aromatic nitrogens is 1. The highest BCUT2D eigenvalue weighted by Gasteiger charge is 2.19. The third-order valence-electron chi connectivity index (χ3n) is 3.17. The quantitative estimate of drug-likeness (QED) is 0.839. The van der Waals surface area contributed by atoms with Gasteiger partial charge in [-0.1, -0.05) is 6.07 Å². The number of nitriles is 3. The number of carbonyl (C=O) groups excluding carboxylic acids is 1. The number of nitrogens with one attached hydrogen (secondary N) is 1. The third-order valence-corrected chi connectivity index (χ3v) is 3.17. The fourth-order valence-corrected chi connectivity index (χ4v) is 2.16. The number of hydrogen-bond acceptors (Lipinski definition) is 6. The van der Waals surface area contributed by atoms with Gasteiger partial charge in [0.25, 0.3) is 0 Å². The van der Waals surface area contributed by atoms with Crippen LogP contribution >= 0.6 is 0 Å². The molecule has 7 heteroatoms. The maximum Gasteiger partial charge on any atom is 0.418 e. The molecule has 0 atom stereocenters. The van der Waals surface area contributed by atoms with Crippen molar-refractivity contribution in [2.24, 2.45) is 0 Å². The molecule has 0 fully saturated rings. The van der Waals surface area contributed by atoms with Gasteiger partial charge in [-0.2, -0.15) is 15.8 Å². The molecule has 0 bridgehead atoms. The van der Waals surface area contributed by atoms with Gasteiger partial charge in [0.1, 0.15) is 29.5 Å². The van der Waals surface area contributed by atoms with E-state index in [2.05, 4.69) is 5.32 Å². The van der Waals surface area contributed by atoms with Gasteiger partial charge in [0.05, 0.1) is 5.52 Å². The lowest BCUT2D eigenvalue weighted by molar-refractivity contribution is 0.0544. The van der Waals surface area contributed by atoms with Crippen molar-refractivity contribution in [1.82, 2.24) is 4.57 Å². The van der Waals surface area contributed by atoms with Gasteiger partial charge < -0.3 is 10.1 Å². The van der Waals surface area contributed by atoms with E-state index in [1.54, 1.807) is 69.4 Å². The Kier molecular flexibility index (Phi) is 4.77. The van der Waals surface area contributed by atoms with Crippen LogP contribution in [0.1, 0.15) is 20.8 Å². The standard InChI is InChI=1S/C18H15N5O2/c1-18(2,3)25-17(24)23-8-7-13-14(5-4-6-16(13)23)22-15(11-21)12(9-19)10-20/h4-8,22H,1-3H3. The summed E-state index contributed by atoms with van der Waals surface area (Å²) in [6.07, 6.45) is 1.04. The fraction of sp³-hybridized carbons (Fsp3) is 0.222. The molecule has 0 amide bonds. The summed E-state index contributed by atoms with van der Waals surface area (Å²) in [7, 11) is 0. The summed E-state index contributed by atoms with van der Waals surface area (Å²) in [6, 6.07) is 12.0. The van der Waals surface area contributed by atoms with Crippen molar-refractivity contribution in [3.63, 3.8) is 0 Å². The number of carbonyl (C=O) groups is 1. The van der Waals surface area contributed by atoms with Gasteiger partial charge >= 0.3 is 6.09 Å². The SMILES string of the molecule is CC(C)(C)OC(=O)n1ccc2c(NC(C#N)=C(C#N)C#N)cccc21. The molecule has 1 aromatic heterocycles. The molecule has 0 aliphatic heterocycles. The zero-order valence-electron chi connectivity index (χ0n) is 14.0. The molecule has 2 aromatic rings. The third kappa shape index (κ3) is 3.77. The highest BCUT2D eigenvalue weighted by atomic mass is 16.6. The molecule has 7 nitrogen and oxygen atoms in total. The zero-order valence-corrected chi connectivity index (χ0v) is 14.0. The van der Waals surface area contributed by atoms with Crippen molar-refractivity contribution < 1.29 is 9.53 Å². The van der Waals surface area contributed by atoms with E-state index in [4.69, 9.17) is 20.5 Å². The highest BCUT2D eigenvalue weighted by Crippen LogP contribution is 2.26. The topological polar surface area (TPSA) is 115 Å². The van der Waals surface area contributed by atoms with Crippen molar-refractivity contribution in [2.75, 3.05) is 5.32 Å². The number of ether oxygens (including phenoxy) is 1. The second kappa shape index (κ2) is 6.78. The van der Waals surface area contributed by atoms with Gasteiger partial charge in [-0.05, 0) is 39.0 Å². The molecule has 0 unspecified atom stereocenters. The summed E-state index contributed by atoms with van der Waals surface area (Å²) in [4.78, 5) is 12.3. The Morgan fingerprint density at radius 1 is 1.12 bits per heavy atom. The van der Waals surface area contributed by atoms with Gasteiger partial charge in [0, 0.05) is 17.3 Å². The molecule has 0 aliphatic rings. The average Bonchev–Trinajstić information content (AvgIpc) is 2.98. The highest BCUT2D eigenvalue weighted by molar-refractivity contribution is 5.97. The lowest BCUT2D eigenvalue weighted by Crippen LogP contribution is -2.26. The number of anilines is 1. The van der Waals surface area contributed by atoms with E-state index >= 15 is 0 Å². The summed E-state index contributed by atoms with van der Waals surface area (Å²) in [5.41, 5.74) is -0.0191. The molecule has 124 valence electrons. The molecule has 2 rings (SSSR count). The summed E-state index contributed by atoms with van der Waals surface area (Å²) < 4.78 is 6.72. The molecular weight excluding hydrogens is 318 g/mol. The molecule has 0 spiro atoms. The summed E-state index contributed by atoms with van der Waals surface area (Å²) in [5, 5.41) is 30.4. The molecule has 25 heavy (non-hydrogen) atoms. The van der Waals surface area contributed by atoms with E-state index in [1.165, 1.54) is 4.57 Å². The first-order chi connectivity index (χ1) is 11.8. The Balaban J connectivity index is 2.48. The Bertz CT molecular complexity index is 972. The van der Waals surface area contributed by atoms with Crippen molar-refractivity contribution in [1.29, 1.82) is 15.8 Å². The molecule has 1 N–H and O–H groups in total. The summed E-state index contributed by atoms with van der Waals surface area (Å²) in [6.45, 7) is 5.33. The Labute approximate surface area is 144 Å². The number of fused-ring (bicyclic) bond motifs is 1. The maximum atomic E-state index is 12.3. The van der Waals surface area contributed by atoms with Crippen LogP contribution in [-0.2, 0) is 4.74 Å². The van der Waals surface area contributed by atoms with E-state index in [1.807, 2.05) is 0 Å². The largest absolute Gasteiger partial charge is 0.443 e. The first-order valence-electron chi connectivity index (χ1n) is 7.35. The van der Waals surface area contributed by atoms with Crippen LogP contribution in [0.2, 0.25) is 0 Å². The lowest BCUT2D eigenvalue weighted by atomic mass is 10.2. The van der Waals surface area contributed by atoms with Crippen LogP contribution in [0.15, 0.2) is 41.7 Å². The van der Waals surface area contributed by atoms with Crippen LogP contribution in [0.25, 0.3) is 10.9 Å². The van der Waals surface area contributed by atoms with E-state index < -0.39 is 11.7 Å². The normalized spacial score (nSPS) is 10.2. The van der Waals surface area contributed by atoms with Crippen molar-refractivity contribution in [2.45, 2.75) is 26.4 Å². The van der Waals surface area contributed by atoms with Crippen LogP contribution < -0.4 is 5.32 Å². The first-order valence-corrected chi connectivity index (χ1v) is 7.35. The zero-order chi connectivity index (χ0) is 18.6. The second-order valence-corrected chi connectivity index (χ2v) is 6.11. The van der Waals surface area contributed by atoms with Crippen molar-refractivity contribution >= 4 is 22.7 Å². The van der Waals surface area contributed by atoms with Gasteiger partial charge in [-0.15, -0.1) is 0 Å². The monoisotopic (exact) mass is 333 g/mol. The van der Waals surface area contributed by atoms with E-state index in [0.717, 1.165) is 0 Å². The minimum Gasteiger partial charge on any atom is -0.443 e. The average molecular weight is 333 g/mol. The minimum absolute atomic E-state index is 0.150. The first kappa shape index (κ1) is 17.6. The van der Waals surface area contributed by atoms with E-state index in [-0.39, 0.29) is 11.3 Å². The van der Waals surface area contributed by atoms with Crippen molar-refractivity contribution in [3.8, 4) is 18.2 Å². The second-order valence-electron chi connectivity index (χ2n) is 6.11. The molecule has 0 saturated carbocycles. The van der Waals surface area contributed by atoms with Crippen LogP contribution in [-0.4, -0.2) is 16.3 Å².